The molecule has 1 saturated heterocycles. The number of hydrogen-bond donors (Lipinski definition) is 0. The summed E-state index contributed by atoms with van der Waals surface area (Å²) in [5.74, 6) is -0.128. The van der Waals surface area contributed by atoms with Crippen LogP contribution in [-0.4, -0.2) is 69.4 Å². The molecule has 1 aliphatic heterocycles. The minimum Gasteiger partial charge on any atom is -0.477 e. The zero-order chi connectivity index (χ0) is 23.0. The Balaban J connectivity index is 1.28. The molecular weight excluding hydrogens is 425 g/mol. The van der Waals surface area contributed by atoms with Gasteiger partial charge in [0.25, 0.3) is 5.91 Å². The minimum absolute atomic E-state index is 0.0305. The zero-order valence-electron chi connectivity index (χ0n) is 18.1. The monoisotopic (exact) mass is 449 g/mol. The highest BCUT2D eigenvalue weighted by molar-refractivity contribution is 5.94. The average Bonchev–Trinajstić information content (AvgIpc) is 2.86. The van der Waals surface area contributed by atoms with Gasteiger partial charge in [0.15, 0.2) is 0 Å². The third-order valence-corrected chi connectivity index (χ3v) is 5.43. The number of rotatable bonds is 7. The van der Waals surface area contributed by atoms with Crippen LogP contribution < -0.4 is 4.74 Å². The Morgan fingerprint density at radius 3 is 2.52 bits per heavy atom. The van der Waals surface area contributed by atoms with E-state index in [0.717, 1.165) is 0 Å². The largest absolute Gasteiger partial charge is 0.477 e. The molecule has 3 heterocycles. The first-order valence-electron chi connectivity index (χ1n) is 10.7. The van der Waals surface area contributed by atoms with Gasteiger partial charge in [-0.25, -0.2) is 9.37 Å². The van der Waals surface area contributed by atoms with Gasteiger partial charge >= 0.3 is 0 Å². The molecule has 170 valence electrons. The molecule has 2 aromatic heterocycles. The molecule has 4 rings (SSSR count). The molecule has 1 aliphatic rings. The van der Waals surface area contributed by atoms with Crippen LogP contribution in [0, 0.1) is 5.82 Å². The predicted octanol–water partition coefficient (Wildman–Crippen LogP) is 2.16. The molecular formula is C24H24FN5O3. The molecule has 2 amide bonds. The van der Waals surface area contributed by atoms with Crippen LogP contribution in [0.1, 0.15) is 21.6 Å². The van der Waals surface area contributed by atoms with Crippen molar-refractivity contribution in [3.05, 3.63) is 83.8 Å². The highest BCUT2D eigenvalue weighted by Crippen LogP contribution is 2.15. The van der Waals surface area contributed by atoms with Gasteiger partial charge in [-0.1, -0.05) is 18.2 Å². The normalized spacial score (nSPS) is 13.6. The lowest BCUT2D eigenvalue weighted by Gasteiger charge is -2.34. The van der Waals surface area contributed by atoms with Crippen LogP contribution in [0.3, 0.4) is 0 Å². The molecule has 0 radical (unpaired) electrons. The molecule has 0 spiro atoms. The van der Waals surface area contributed by atoms with Crippen molar-refractivity contribution < 1.29 is 18.7 Å². The molecule has 0 saturated carbocycles. The Bertz CT molecular complexity index is 1100. The van der Waals surface area contributed by atoms with Crippen LogP contribution in [0.25, 0.3) is 0 Å². The van der Waals surface area contributed by atoms with E-state index in [2.05, 4.69) is 15.0 Å². The number of carbonyl (C=O) groups excluding carboxylic acids is 2. The summed E-state index contributed by atoms with van der Waals surface area (Å²) in [6.45, 7) is 2.05. The summed E-state index contributed by atoms with van der Waals surface area (Å²) in [6.07, 6.45) is 6.82. The Morgan fingerprint density at radius 1 is 0.970 bits per heavy atom. The van der Waals surface area contributed by atoms with E-state index in [1.165, 1.54) is 12.3 Å². The fourth-order valence-electron chi connectivity index (χ4n) is 3.62. The Labute approximate surface area is 191 Å². The fraction of sp³-hybridized carbons (Fsp3) is 0.292. The number of benzene rings is 1. The van der Waals surface area contributed by atoms with Gasteiger partial charge in [-0.3, -0.25) is 19.6 Å². The highest BCUT2D eigenvalue weighted by atomic mass is 19.1. The maximum Gasteiger partial charge on any atom is 0.254 e. The standard InChI is InChI=1S/C24H24FN5O3/c25-21-4-2-1-3-18(21)6-14-33-22-15-19(5-7-28-22)24(32)30-12-10-29(11-13-30)23(31)16-20-17-26-8-9-27-20/h1-5,7-9,15,17H,6,10-14,16H2. The summed E-state index contributed by atoms with van der Waals surface area (Å²) in [6, 6.07) is 9.77. The number of aromatic nitrogens is 3. The van der Waals surface area contributed by atoms with E-state index in [4.69, 9.17) is 4.74 Å². The second-order valence-electron chi connectivity index (χ2n) is 7.62. The number of nitrogens with zero attached hydrogens (tertiary/aromatic N) is 5. The maximum atomic E-state index is 13.7. The van der Waals surface area contributed by atoms with Crippen molar-refractivity contribution >= 4 is 11.8 Å². The van der Waals surface area contributed by atoms with Crippen LogP contribution in [0.2, 0.25) is 0 Å². The SMILES string of the molecule is O=C(Cc1cnccn1)N1CCN(C(=O)c2ccnc(OCCc3ccccc3F)c2)CC1. The Morgan fingerprint density at radius 2 is 1.76 bits per heavy atom. The molecule has 33 heavy (non-hydrogen) atoms. The molecule has 3 aromatic rings. The van der Waals surface area contributed by atoms with Crippen LogP contribution >= 0.6 is 0 Å². The quantitative estimate of drug-likeness (QED) is 0.549. The third-order valence-electron chi connectivity index (χ3n) is 5.43. The van der Waals surface area contributed by atoms with Gasteiger partial charge < -0.3 is 14.5 Å². The van der Waals surface area contributed by atoms with Crippen molar-refractivity contribution in [3.8, 4) is 5.88 Å². The zero-order valence-corrected chi connectivity index (χ0v) is 18.1. The summed E-state index contributed by atoms with van der Waals surface area (Å²) in [5.41, 5.74) is 1.65. The van der Waals surface area contributed by atoms with Crippen LogP contribution in [0.5, 0.6) is 5.88 Å². The number of piperazine rings is 1. The first-order valence-corrected chi connectivity index (χ1v) is 10.7. The lowest BCUT2D eigenvalue weighted by atomic mass is 10.1. The molecule has 0 bridgehead atoms. The van der Waals surface area contributed by atoms with E-state index >= 15 is 0 Å². The molecule has 0 unspecified atom stereocenters. The molecule has 0 N–H and O–H groups in total. The molecule has 0 atom stereocenters. The van der Waals surface area contributed by atoms with Gasteiger partial charge in [-0.2, -0.15) is 0 Å². The summed E-state index contributed by atoms with van der Waals surface area (Å²) in [4.78, 5) is 41.1. The molecule has 1 fully saturated rings. The van der Waals surface area contributed by atoms with Gasteiger partial charge in [-0.05, 0) is 17.7 Å². The van der Waals surface area contributed by atoms with Crippen molar-refractivity contribution in [2.24, 2.45) is 0 Å². The van der Waals surface area contributed by atoms with E-state index in [9.17, 15) is 14.0 Å². The highest BCUT2D eigenvalue weighted by Gasteiger charge is 2.25. The van der Waals surface area contributed by atoms with Crippen molar-refractivity contribution in [1.29, 1.82) is 0 Å². The van der Waals surface area contributed by atoms with E-state index < -0.39 is 0 Å². The van der Waals surface area contributed by atoms with Gasteiger partial charge in [0.05, 0.1) is 18.7 Å². The molecule has 1 aromatic carbocycles. The van der Waals surface area contributed by atoms with Crippen LogP contribution in [-0.2, 0) is 17.6 Å². The van der Waals surface area contributed by atoms with Crippen molar-refractivity contribution in [1.82, 2.24) is 24.8 Å². The number of ether oxygens (including phenoxy) is 1. The van der Waals surface area contributed by atoms with Crippen molar-refractivity contribution in [2.75, 3.05) is 32.8 Å². The van der Waals surface area contributed by atoms with Crippen molar-refractivity contribution in [2.45, 2.75) is 12.8 Å². The first kappa shape index (κ1) is 22.3. The summed E-state index contributed by atoms with van der Waals surface area (Å²) in [5, 5.41) is 0. The summed E-state index contributed by atoms with van der Waals surface area (Å²) < 4.78 is 19.4. The number of amides is 2. The van der Waals surface area contributed by atoms with E-state index in [0.29, 0.717) is 55.3 Å². The van der Waals surface area contributed by atoms with E-state index in [-0.39, 0.29) is 30.7 Å². The van der Waals surface area contributed by atoms with Gasteiger partial charge in [0.2, 0.25) is 11.8 Å². The lowest BCUT2D eigenvalue weighted by Crippen LogP contribution is -2.51. The van der Waals surface area contributed by atoms with Gasteiger partial charge in [0.1, 0.15) is 5.82 Å². The number of carbonyl (C=O) groups is 2. The maximum absolute atomic E-state index is 13.7. The van der Waals surface area contributed by atoms with E-state index in [1.54, 1.807) is 58.7 Å². The number of pyridine rings is 1. The number of hydrogen-bond acceptors (Lipinski definition) is 6. The second kappa shape index (κ2) is 10.6. The lowest BCUT2D eigenvalue weighted by molar-refractivity contribution is -0.132. The minimum atomic E-state index is -0.271. The Hall–Kier alpha value is -3.88. The Kier molecular flexibility index (Phi) is 7.19. The topological polar surface area (TPSA) is 88.5 Å². The average molecular weight is 449 g/mol. The van der Waals surface area contributed by atoms with Gasteiger partial charge in [0, 0.05) is 69.0 Å². The third kappa shape index (κ3) is 5.88. The second-order valence-corrected chi connectivity index (χ2v) is 7.62. The van der Waals surface area contributed by atoms with Crippen molar-refractivity contribution in [3.63, 3.8) is 0 Å². The van der Waals surface area contributed by atoms with E-state index in [1.807, 2.05) is 0 Å². The van der Waals surface area contributed by atoms with Gasteiger partial charge in [-0.15, -0.1) is 0 Å². The first-order chi connectivity index (χ1) is 16.1. The fourth-order valence-corrected chi connectivity index (χ4v) is 3.62. The molecule has 8 nitrogen and oxygen atoms in total. The molecule has 9 heteroatoms. The van der Waals surface area contributed by atoms with Crippen LogP contribution in [0.4, 0.5) is 4.39 Å². The van der Waals surface area contributed by atoms with Crippen LogP contribution in [0.15, 0.2) is 61.2 Å². The number of halogens is 1. The smallest absolute Gasteiger partial charge is 0.254 e. The summed E-state index contributed by atoms with van der Waals surface area (Å²) >= 11 is 0. The molecule has 0 aliphatic carbocycles. The summed E-state index contributed by atoms with van der Waals surface area (Å²) in [7, 11) is 0. The predicted molar refractivity (Wildman–Crippen MR) is 118 cm³/mol.